The summed E-state index contributed by atoms with van der Waals surface area (Å²) in [4.78, 5) is 0. The van der Waals surface area contributed by atoms with Gasteiger partial charge in [-0.1, -0.05) is 5.92 Å². The molecule has 0 unspecified atom stereocenters. The third kappa shape index (κ3) is 0.631. The van der Waals surface area contributed by atoms with Crippen LogP contribution in [-0.4, -0.2) is 13.2 Å². The maximum atomic E-state index is 3.70. The van der Waals surface area contributed by atoms with Crippen molar-refractivity contribution < 1.29 is 0 Å². The highest BCUT2D eigenvalue weighted by Crippen LogP contribution is 1.61. The number of hydrogen-bond donors (Lipinski definition) is 1. The van der Waals surface area contributed by atoms with E-state index in [4.69, 9.17) is 0 Å². The van der Waals surface area contributed by atoms with Crippen LogP contribution in [0.2, 0.25) is 0 Å². The van der Waals surface area contributed by atoms with Gasteiger partial charge in [0.2, 0.25) is 0 Å². The highest BCUT2D eigenvalue weighted by molar-refractivity contribution is 5.00. The van der Waals surface area contributed by atoms with Gasteiger partial charge in [0.1, 0.15) is 0 Å². The molecule has 1 radical (unpaired) electrons. The second-order valence-corrected chi connectivity index (χ2v) is 1.03. The van der Waals surface area contributed by atoms with Crippen LogP contribution in [0.25, 0.3) is 0 Å². The lowest BCUT2D eigenvalue weighted by Crippen LogP contribution is -2.24. The Bertz CT molecular complexity index is 77.5. The lowest BCUT2D eigenvalue weighted by molar-refractivity contribution is 0.691. The van der Waals surface area contributed by atoms with Gasteiger partial charge in [-0.05, 0) is 0 Å². The Morgan fingerprint density at radius 1 is 1.67 bits per heavy atom. The molecule has 0 spiro atoms. The van der Waals surface area contributed by atoms with Gasteiger partial charge in [-0.2, -0.15) is 0 Å². The number of hydrogen-bond acceptors (Lipinski definition) is 1. The van der Waals surface area contributed by atoms with Gasteiger partial charge in [0.05, 0.1) is 13.2 Å². The fourth-order valence-corrected chi connectivity index (χ4v) is 0.309. The molecule has 1 aliphatic rings. The first-order chi connectivity index (χ1) is 3.00. The average molecular weight is 81.1 g/mol. The zero-order valence-electron chi connectivity index (χ0n) is 3.36. The van der Waals surface area contributed by atoms with E-state index < -0.39 is 0 Å². The third-order valence-electron chi connectivity index (χ3n) is 0.562. The lowest BCUT2D eigenvalue weighted by atomic mass is 10.6. The van der Waals surface area contributed by atoms with Crippen LogP contribution in [0.15, 0.2) is 0 Å². The second kappa shape index (κ2) is 1.68. The molecular weight excluding hydrogens is 76.1 g/mol. The molecule has 0 aliphatic carbocycles. The molecular formula is C4H5N2. The summed E-state index contributed by atoms with van der Waals surface area (Å²) in [6.07, 6.45) is 0. The van der Waals surface area contributed by atoms with Crippen LogP contribution < -0.4 is 10.6 Å². The fraction of sp³-hybridized carbons (Fsp3) is 0.500. The molecule has 0 saturated carbocycles. The molecule has 0 aromatic rings. The fourth-order valence-electron chi connectivity index (χ4n) is 0.309. The third-order valence-corrected chi connectivity index (χ3v) is 0.562. The van der Waals surface area contributed by atoms with E-state index >= 15 is 0 Å². The van der Waals surface area contributed by atoms with Crippen LogP contribution in [0.4, 0.5) is 0 Å². The van der Waals surface area contributed by atoms with Crippen molar-refractivity contribution in [1.82, 2.24) is 10.6 Å². The van der Waals surface area contributed by atoms with Crippen molar-refractivity contribution in [2.24, 2.45) is 0 Å². The predicted octanol–water partition coefficient (Wildman–Crippen LogP) is -0.888. The largest absolute Gasteiger partial charge is 0.287 e. The minimum atomic E-state index is 0.701. The van der Waals surface area contributed by atoms with Gasteiger partial charge in [-0.25, -0.2) is 5.32 Å². The van der Waals surface area contributed by atoms with Crippen molar-refractivity contribution in [3.05, 3.63) is 0 Å². The Morgan fingerprint density at radius 2 is 2.67 bits per heavy atom. The summed E-state index contributed by atoms with van der Waals surface area (Å²) in [7, 11) is 0. The molecule has 0 amide bonds. The van der Waals surface area contributed by atoms with Crippen molar-refractivity contribution >= 4 is 0 Å². The zero-order valence-corrected chi connectivity index (χ0v) is 3.36. The Kier molecular flexibility index (Phi) is 0.984. The SMILES string of the molecule is C1#C[N]CNC1. The average Bonchev–Trinajstić information content (AvgIpc) is 1.72. The van der Waals surface area contributed by atoms with E-state index in [1.165, 1.54) is 0 Å². The number of nitrogens with zero attached hydrogens (tertiary/aromatic N) is 1. The van der Waals surface area contributed by atoms with Crippen molar-refractivity contribution in [2.45, 2.75) is 0 Å². The Morgan fingerprint density at radius 3 is 2.83 bits per heavy atom. The minimum absolute atomic E-state index is 0.701. The van der Waals surface area contributed by atoms with Crippen LogP contribution >= 0.6 is 0 Å². The molecule has 0 saturated heterocycles. The first-order valence-corrected chi connectivity index (χ1v) is 1.85. The lowest BCUT2D eigenvalue weighted by Gasteiger charge is -1.97. The Hall–Kier alpha value is -0.680. The zero-order chi connectivity index (χ0) is 4.24. The normalized spacial score (nSPS) is 17.3. The summed E-state index contributed by atoms with van der Waals surface area (Å²) in [5, 5.41) is 6.65. The molecule has 0 aromatic carbocycles. The summed E-state index contributed by atoms with van der Waals surface area (Å²) in [5.74, 6) is 2.76. The van der Waals surface area contributed by atoms with Gasteiger partial charge < -0.3 is 0 Å². The van der Waals surface area contributed by atoms with Crippen LogP contribution in [0.5, 0.6) is 0 Å². The summed E-state index contributed by atoms with van der Waals surface area (Å²) in [6, 6.07) is 2.60. The van der Waals surface area contributed by atoms with E-state index in [1.54, 1.807) is 0 Å². The first-order valence-electron chi connectivity index (χ1n) is 1.85. The van der Waals surface area contributed by atoms with E-state index in [-0.39, 0.29) is 0 Å². The molecule has 6 heavy (non-hydrogen) atoms. The number of rotatable bonds is 0. The first kappa shape index (κ1) is 3.51. The molecule has 2 nitrogen and oxygen atoms in total. The quantitative estimate of drug-likeness (QED) is 0.376. The summed E-state index contributed by atoms with van der Waals surface area (Å²) < 4.78 is 0. The second-order valence-electron chi connectivity index (χ2n) is 1.03. The summed E-state index contributed by atoms with van der Waals surface area (Å²) >= 11 is 0. The molecule has 0 aromatic heterocycles. The molecule has 1 heterocycles. The molecule has 0 fully saturated rings. The van der Waals surface area contributed by atoms with E-state index in [2.05, 4.69) is 22.6 Å². The highest BCUT2D eigenvalue weighted by atomic mass is 15.0. The van der Waals surface area contributed by atoms with Crippen molar-refractivity contribution in [3.63, 3.8) is 0 Å². The summed E-state index contributed by atoms with van der Waals surface area (Å²) in [5.41, 5.74) is 0. The van der Waals surface area contributed by atoms with Crippen molar-refractivity contribution in [1.29, 1.82) is 0 Å². The van der Waals surface area contributed by atoms with Crippen LogP contribution in [0, 0.1) is 12.0 Å². The monoisotopic (exact) mass is 81.0 g/mol. The van der Waals surface area contributed by atoms with E-state index in [9.17, 15) is 0 Å². The molecule has 0 atom stereocenters. The Labute approximate surface area is 36.9 Å². The van der Waals surface area contributed by atoms with Crippen LogP contribution in [0.3, 0.4) is 0 Å². The molecule has 31 valence electrons. The topological polar surface area (TPSA) is 26.1 Å². The van der Waals surface area contributed by atoms with Gasteiger partial charge in [-0.15, -0.1) is 0 Å². The molecule has 1 N–H and O–H groups in total. The molecule has 2 heteroatoms. The van der Waals surface area contributed by atoms with Crippen molar-refractivity contribution in [3.8, 4) is 12.0 Å². The van der Waals surface area contributed by atoms with Gasteiger partial charge in [-0.3, -0.25) is 5.32 Å². The minimum Gasteiger partial charge on any atom is -0.287 e. The van der Waals surface area contributed by atoms with Crippen LogP contribution in [0.1, 0.15) is 0 Å². The molecule has 1 rings (SSSR count). The maximum Gasteiger partial charge on any atom is 0.0994 e. The summed E-state index contributed by atoms with van der Waals surface area (Å²) in [6.45, 7) is 1.50. The van der Waals surface area contributed by atoms with Crippen LogP contribution in [-0.2, 0) is 0 Å². The highest BCUT2D eigenvalue weighted by Gasteiger charge is 1.83. The smallest absolute Gasteiger partial charge is 0.0994 e. The van der Waals surface area contributed by atoms with Gasteiger partial charge in [0, 0.05) is 6.04 Å². The van der Waals surface area contributed by atoms with Crippen molar-refractivity contribution in [2.75, 3.05) is 13.2 Å². The van der Waals surface area contributed by atoms with E-state index in [0.717, 1.165) is 6.54 Å². The van der Waals surface area contributed by atoms with Gasteiger partial charge >= 0.3 is 0 Å². The van der Waals surface area contributed by atoms with Gasteiger partial charge in [0.25, 0.3) is 0 Å². The Balaban J connectivity index is 2.36. The van der Waals surface area contributed by atoms with E-state index in [0.29, 0.717) is 6.67 Å². The van der Waals surface area contributed by atoms with Gasteiger partial charge in [0.15, 0.2) is 0 Å². The molecule has 0 bridgehead atoms. The standard InChI is InChI=1S/C4H5N2/c1-2-5-4-6-3-1/h5H,2,4H2. The molecule has 1 aliphatic heterocycles. The predicted molar refractivity (Wildman–Crippen MR) is 22.8 cm³/mol. The van der Waals surface area contributed by atoms with E-state index in [1.807, 2.05) is 0 Å². The number of nitrogens with one attached hydrogen (secondary N) is 1. The maximum absolute atomic E-state index is 3.70.